The molecule has 142 valence electrons. The van der Waals surface area contributed by atoms with Crippen LogP contribution >= 0.6 is 24.4 Å². The van der Waals surface area contributed by atoms with Gasteiger partial charge in [0.2, 0.25) is 0 Å². The number of para-hydroxylation sites is 1. The van der Waals surface area contributed by atoms with Gasteiger partial charge in [0.25, 0.3) is 0 Å². The first-order valence-corrected chi connectivity index (χ1v) is 9.97. The Morgan fingerprint density at radius 2 is 1.41 bits per heavy atom. The summed E-state index contributed by atoms with van der Waals surface area (Å²) < 4.78 is 5.78. The van der Waals surface area contributed by atoms with Crippen molar-refractivity contribution in [3.05, 3.63) is 54.6 Å². The molecule has 1 saturated carbocycles. The minimum absolute atomic E-state index is 0.444. The number of hydrazine groups is 1. The zero-order valence-corrected chi connectivity index (χ0v) is 16.7. The molecule has 2 aromatic carbocycles. The van der Waals surface area contributed by atoms with E-state index in [1.807, 2.05) is 54.6 Å². The van der Waals surface area contributed by atoms with Gasteiger partial charge in [-0.1, -0.05) is 37.5 Å². The van der Waals surface area contributed by atoms with Crippen LogP contribution in [0, 0.1) is 0 Å². The average molecular weight is 401 g/mol. The third kappa shape index (κ3) is 6.69. The van der Waals surface area contributed by atoms with E-state index in [1.54, 1.807) is 0 Å². The lowest BCUT2D eigenvalue weighted by Crippen LogP contribution is -2.51. The molecule has 0 unspecified atom stereocenters. The Morgan fingerprint density at radius 1 is 0.778 bits per heavy atom. The number of benzene rings is 2. The van der Waals surface area contributed by atoms with Gasteiger partial charge in [-0.2, -0.15) is 0 Å². The van der Waals surface area contributed by atoms with Crippen molar-refractivity contribution >= 4 is 40.3 Å². The molecular weight excluding hydrogens is 376 g/mol. The molecule has 0 atom stereocenters. The first-order chi connectivity index (χ1) is 13.2. The zero-order valence-electron chi connectivity index (χ0n) is 15.0. The Morgan fingerprint density at radius 3 is 2.11 bits per heavy atom. The maximum Gasteiger partial charge on any atom is 0.189 e. The second kappa shape index (κ2) is 10.1. The molecule has 0 amide bonds. The van der Waals surface area contributed by atoms with Crippen LogP contribution in [-0.4, -0.2) is 16.3 Å². The van der Waals surface area contributed by atoms with Gasteiger partial charge in [-0.05, 0) is 73.7 Å². The van der Waals surface area contributed by atoms with E-state index in [1.165, 1.54) is 32.1 Å². The highest BCUT2D eigenvalue weighted by Gasteiger charge is 2.13. The largest absolute Gasteiger partial charge is 0.457 e. The fourth-order valence-electron chi connectivity index (χ4n) is 2.98. The van der Waals surface area contributed by atoms with Crippen LogP contribution in [0.3, 0.4) is 0 Å². The normalized spacial score (nSPS) is 14.1. The molecule has 7 heteroatoms. The second-order valence-electron chi connectivity index (χ2n) is 6.45. The van der Waals surface area contributed by atoms with Gasteiger partial charge in [-0.3, -0.25) is 10.9 Å². The summed E-state index contributed by atoms with van der Waals surface area (Å²) >= 11 is 10.6. The first kappa shape index (κ1) is 19.4. The van der Waals surface area contributed by atoms with Crippen LogP contribution in [0.15, 0.2) is 54.6 Å². The van der Waals surface area contributed by atoms with Crippen molar-refractivity contribution in [1.82, 2.24) is 16.2 Å². The monoisotopic (exact) mass is 400 g/mol. The van der Waals surface area contributed by atoms with Gasteiger partial charge in [0.1, 0.15) is 11.5 Å². The highest BCUT2D eigenvalue weighted by molar-refractivity contribution is 7.80. The number of ether oxygens (including phenoxy) is 1. The Balaban J connectivity index is 1.40. The Labute approximate surface area is 170 Å². The minimum Gasteiger partial charge on any atom is -0.457 e. The predicted octanol–water partition coefficient (Wildman–Crippen LogP) is 4.48. The van der Waals surface area contributed by atoms with Crippen molar-refractivity contribution in [2.24, 2.45) is 0 Å². The molecule has 0 aromatic heterocycles. The minimum atomic E-state index is 0.444. The molecule has 1 aliphatic rings. The van der Waals surface area contributed by atoms with Crippen LogP contribution in [0.4, 0.5) is 5.69 Å². The summed E-state index contributed by atoms with van der Waals surface area (Å²) in [5, 5.41) is 7.44. The molecule has 2 aromatic rings. The number of nitrogens with one attached hydrogen (secondary N) is 4. The molecule has 1 aliphatic carbocycles. The van der Waals surface area contributed by atoms with Crippen LogP contribution in [0.2, 0.25) is 0 Å². The summed E-state index contributed by atoms with van der Waals surface area (Å²) in [5.41, 5.74) is 6.71. The molecule has 1 fully saturated rings. The highest BCUT2D eigenvalue weighted by atomic mass is 32.1. The van der Waals surface area contributed by atoms with Gasteiger partial charge in [0.15, 0.2) is 10.2 Å². The van der Waals surface area contributed by atoms with Crippen LogP contribution in [-0.2, 0) is 0 Å². The highest BCUT2D eigenvalue weighted by Crippen LogP contribution is 2.22. The SMILES string of the molecule is S=C(NNC(=S)NC1CCCCC1)Nc1ccc(Oc2ccccc2)cc1. The molecule has 0 aliphatic heterocycles. The molecule has 3 rings (SSSR count). The summed E-state index contributed by atoms with van der Waals surface area (Å²) in [6, 6.07) is 17.7. The van der Waals surface area contributed by atoms with Crippen molar-refractivity contribution < 1.29 is 4.74 Å². The Bertz CT molecular complexity index is 746. The predicted molar refractivity (Wildman–Crippen MR) is 118 cm³/mol. The second-order valence-corrected chi connectivity index (χ2v) is 7.27. The number of hydrogen-bond acceptors (Lipinski definition) is 3. The molecule has 0 bridgehead atoms. The summed E-state index contributed by atoms with van der Waals surface area (Å²) in [7, 11) is 0. The van der Waals surface area contributed by atoms with Crippen molar-refractivity contribution in [2.45, 2.75) is 38.1 Å². The lowest BCUT2D eigenvalue weighted by atomic mass is 9.96. The zero-order chi connectivity index (χ0) is 18.9. The molecule has 0 radical (unpaired) electrons. The van der Waals surface area contributed by atoms with Crippen molar-refractivity contribution in [3.63, 3.8) is 0 Å². The Hall–Kier alpha value is -2.38. The van der Waals surface area contributed by atoms with E-state index in [0.717, 1.165) is 17.2 Å². The molecule has 0 spiro atoms. The molecule has 4 N–H and O–H groups in total. The van der Waals surface area contributed by atoms with Gasteiger partial charge in [-0.25, -0.2) is 0 Å². The van der Waals surface area contributed by atoms with Crippen LogP contribution < -0.4 is 26.2 Å². The number of hydrogen-bond donors (Lipinski definition) is 4. The van der Waals surface area contributed by atoms with Crippen LogP contribution in [0.1, 0.15) is 32.1 Å². The average Bonchev–Trinajstić information content (AvgIpc) is 2.70. The Kier molecular flexibility index (Phi) is 7.24. The topological polar surface area (TPSA) is 57.3 Å². The maximum atomic E-state index is 5.78. The van der Waals surface area contributed by atoms with Gasteiger partial charge in [0, 0.05) is 11.7 Å². The van der Waals surface area contributed by atoms with E-state index in [-0.39, 0.29) is 0 Å². The number of thiocarbonyl (C=S) groups is 2. The van der Waals surface area contributed by atoms with E-state index >= 15 is 0 Å². The standard InChI is InChI=1S/C20H24N4OS2/c26-19(21-15-7-3-1-4-8-15)23-24-20(27)22-16-11-13-18(14-12-16)25-17-9-5-2-6-10-17/h2,5-6,9-15H,1,3-4,7-8H2,(H2,21,23,26)(H2,22,24,27). The van der Waals surface area contributed by atoms with Gasteiger partial charge in [-0.15, -0.1) is 0 Å². The van der Waals surface area contributed by atoms with E-state index in [2.05, 4.69) is 21.5 Å². The molecule has 5 nitrogen and oxygen atoms in total. The van der Waals surface area contributed by atoms with Crippen molar-refractivity contribution in [1.29, 1.82) is 0 Å². The molecule has 27 heavy (non-hydrogen) atoms. The van der Waals surface area contributed by atoms with E-state index in [9.17, 15) is 0 Å². The van der Waals surface area contributed by atoms with Crippen LogP contribution in [0.25, 0.3) is 0 Å². The van der Waals surface area contributed by atoms with E-state index in [4.69, 9.17) is 29.2 Å². The molecular formula is C20H24N4OS2. The lowest BCUT2D eigenvalue weighted by Gasteiger charge is -2.24. The third-order valence-corrected chi connectivity index (χ3v) is 4.75. The molecule has 0 saturated heterocycles. The van der Waals surface area contributed by atoms with E-state index < -0.39 is 0 Å². The fourth-order valence-corrected chi connectivity index (χ4v) is 3.36. The van der Waals surface area contributed by atoms with E-state index in [0.29, 0.717) is 16.3 Å². The van der Waals surface area contributed by atoms with Crippen molar-refractivity contribution in [2.75, 3.05) is 5.32 Å². The van der Waals surface area contributed by atoms with Crippen LogP contribution in [0.5, 0.6) is 11.5 Å². The van der Waals surface area contributed by atoms with Gasteiger partial charge in [0.05, 0.1) is 0 Å². The third-order valence-electron chi connectivity index (χ3n) is 4.32. The summed E-state index contributed by atoms with van der Waals surface area (Å²) in [5.74, 6) is 1.57. The lowest BCUT2D eigenvalue weighted by molar-refractivity contribution is 0.411. The number of rotatable bonds is 4. The fraction of sp³-hybridized carbons (Fsp3) is 0.300. The quantitative estimate of drug-likeness (QED) is 0.446. The smallest absolute Gasteiger partial charge is 0.189 e. The first-order valence-electron chi connectivity index (χ1n) is 9.15. The maximum absolute atomic E-state index is 5.78. The van der Waals surface area contributed by atoms with Crippen molar-refractivity contribution in [3.8, 4) is 11.5 Å². The summed E-state index contributed by atoms with van der Waals surface area (Å²) in [4.78, 5) is 0. The summed E-state index contributed by atoms with van der Waals surface area (Å²) in [6.07, 6.45) is 6.18. The van der Waals surface area contributed by atoms with Gasteiger partial charge < -0.3 is 15.4 Å². The summed E-state index contributed by atoms with van der Waals surface area (Å²) in [6.45, 7) is 0. The molecule has 0 heterocycles. The van der Waals surface area contributed by atoms with Gasteiger partial charge >= 0.3 is 0 Å². The number of anilines is 1.